The number of likely N-dealkylation sites (N-methyl/N-ethyl adjacent to an activating group) is 1. The summed E-state index contributed by atoms with van der Waals surface area (Å²) in [4.78, 5) is 11.0. The van der Waals surface area contributed by atoms with Gasteiger partial charge in [-0.1, -0.05) is 6.92 Å². The first-order valence-corrected chi connectivity index (χ1v) is 6.81. The predicted molar refractivity (Wildman–Crippen MR) is 77.6 cm³/mol. The lowest BCUT2D eigenvalue weighted by molar-refractivity contribution is -0.144. The zero-order chi connectivity index (χ0) is 16.0. The van der Waals surface area contributed by atoms with Crippen LogP contribution in [-0.2, 0) is 6.18 Å². The van der Waals surface area contributed by atoms with Crippen molar-refractivity contribution in [2.24, 2.45) is 0 Å². The van der Waals surface area contributed by atoms with Gasteiger partial charge in [0.25, 0.3) is 0 Å². The Morgan fingerprint density at radius 1 is 1.14 bits per heavy atom. The minimum atomic E-state index is -4.55. The SMILES string of the molecule is CCCN(CCN(C)C)c1cc(NC)nc(C(F)(F)F)n1. The van der Waals surface area contributed by atoms with Crippen molar-refractivity contribution in [1.82, 2.24) is 14.9 Å². The highest BCUT2D eigenvalue weighted by atomic mass is 19.4. The second-order valence-corrected chi connectivity index (χ2v) is 4.97. The molecule has 0 bridgehead atoms. The molecule has 8 heteroatoms. The van der Waals surface area contributed by atoms with Crippen LogP contribution in [0.2, 0.25) is 0 Å². The zero-order valence-corrected chi connectivity index (χ0v) is 12.8. The number of hydrogen-bond acceptors (Lipinski definition) is 5. The van der Waals surface area contributed by atoms with E-state index in [9.17, 15) is 13.2 Å². The second kappa shape index (κ2) is 7.44. The van der Waals surface area contributed by atoms with Gasteiger partial charge in [0.05, 0.1) is 0 Å². The molecule has 0 fully saturated rings. The number of rotatable bonds is 7. The molecule has 5 nitrogen and oxygen atoms in total. The van der Waals surface area contributed by atoms with E-state index < -0.39 is 12.0 Å². The number of nitrogens with one attached hydrogen (secondary N) is 1. The fourth-order valence-electron chi connectivity index (χ4n) is 1.78. The number of anilines is 2. The van der Waals surface area contributed by atoms with Crippen molar-refractivity contribution in [3.63, 3.8) is 0 Å². The van der Waals surface area contributed by atoms with Crippen LogP contribution in [0.5, 0.6) is 0 Å². The maximum Gasteiger partial charge on any atom is 0.451 e. The number of aromatic nitrogens is 2. The number of halogens is 3. The summed E-state index contributed by atoms with van der Waals surface area (Å²) in [5.41, 5.74) is 0. The molecule has 1 heterocycles. The Hall–Kier alpha value is -1.57. The first-order valence-electron chi connectivity index (χ1n) is 6.81. The van der Waals surface area contributed by atoms with Crippen molar-refractivity contribution < 1.29 is 13.2 Å². The normalized spacial score (nSPS) is 11.8. The number of hydrogen-bond donors (Lipinski definition) is 1. The highest BCUT2D eigenvalue weighted by molar-refractivity contribution is 5.49. The summed E-state index contributed by atoms with van der Waals surface area (Å²) >= 11 is 0. The third-order valence-electron chi connectivity index (χ3n) is 2.86. The van der Waals surface area contributed by atoms with E-state index in [-0.39, 0.29) is 5.82 Å². The second-order valence-electron chi connectivity index (χ2n) is 4.97. The van der Waals surface area contributed by atoms with Crippen molar-refractivity contribution in [3.05, 3.63) is 11.9 Å². The quantitative estimate of drug-likeness (QED) is 0.837. The van der Waals surface area contributed by atoms with Gasteiger partial charge >= 0.3 is 6.18 Å². The Balaban J connectivity index is 3.11. The van der Waals surface area contributed by atoms with E-state index in [0.717, 1.165) is 13.0 Å². The summed E-state index contributed by atoms with van der Waals surface area (Å²) in [6, 6.07) is 1.54. The molecule has 0 aromatic carbocycles. The van der Waals surface area contributed by atoms with Gasteiger partial charge in [0.15, 0.2) is 0 Å². The van der Waals surface area contributed by atoms with Crippen LogP contribution >= 0.6 is 0 Å². The molecule has 0 spiro atoms. The molecule has 1 rings (SSSR count). The Morgan fingerprint density at radius 2 is 1.81 bits per heavy atom. The van der Waals surface area contributed by atoms with E-state index >= 15 is 0 Å². The van der Waals surface area contributed by atoms with Gasteiger partial charge in [-0.05, 0) is 20.5 Å². The van der Waals surface area contributed by atoms with Crippen molar-refractivity contribution in [2.75, 3.05) is 51.0 Å². The van der Waals surface area contributed by atoms with E-state index in [1.807, 2.05) is 30.8 Å². The molecule has 0 saturated heterocycles. The van der Waals surface area contributed by atoms with Crippen LogP contribution in [-0.4, -0.2) is 55.6 Å². The average Bonchev–Trinajstić information content (AvgIpc) is 2.41. The summed E-state index contributed by atoms with van der Waals surface area (Å²) in [7, 11) is 5.38. The lowest BCUT2D eigenvalue weighted by Crippen LogP contribution is -2.33. The topological polar surface area (TPSA) is 44.3 Å². The summed E-state index contributed by atoms with van der Waals surface area (Å²) in [5, 5.41) is 2.65. The van der Waals surface area contributed by atoms with Crippen molar-refractivity contribution in [3.8, 4) is 0 Å². The third kappa shape index (κ3) is 5.37. The van der Waals surface area contributed by atoms with E-state index in [2.05, 4.69) is 15.3 Å². The molecule has 1 N–H and O–H groups in total. The lowest BCUT2D eigenvalue weighted by Gasteiger charge is -2.25. The summed E-state index contributed by atoms with van der Waals surface area (Å²) in [6.45, 7) is 3.97. The molecule has 120 valence electrons. The van der Waals surface area contributed by atoms with Crippen LogP contribution in [0.15, 0.2) is 6.07 Å². The molecule has 0 saturated carbocycles. The molecule has 0 unspecified atom stereocenters. The molecule has 21 heavy (non-hydrogen) atoms. The van der Waals surface area contributed by atoms with Crippen molar-refractivity contribution >= 4 is 11.6 Å². The average molecular weight is 305 g/mol. The fourth-order valence-corrected chi connectivity index (χ4v) is 1.78. The highest BCUT2D eigenvalue weighted by Crippen LogP contribution is 2.29. The smallest absolute Gasteiger partial charge is 0.373 e. The van der Waals surface area contributed by atoms with Crippen molar-refractivity contribution in [1.29, 1.82) is 0 Å². The molecule has 0 aliphatic rings. The fraction of sp³-hybridized carbons (Fsp3) is 0.692. The van der Waals surface area contributed by atoms with Gasteiger partial charge in [-0.15, -0.1) is 0 Å². The molecule has 1 aromatic heterocycles. The molecule has 1 aromatic rings. The third-order valence-corrected chi connectivity index (χ3v) is 2.86. The Labute approximate surface area is 123 Å². The Morgan fingerprint density at radius 3 is 2.29 bits per heavy atom. The lowest BCUT2D eigenvalue weighted by atomic mass is 10.3. The van der Waals surface area contributed by atoms with Crippen LogP contribution in [0.25, 0.3) is 0 Å². The minimum Gasteiger partial charge on any atom is -0.373 e. The molecule has 0 aliphatic carbocycles. The Bertz CT molecular complexity index is 448. The van der Waals surface area contributed by atoms with Gasteiger partial charge in [-0.2, -0.15) is 13.2 Å². The maximum absolute atomic E-state index is 12.9. The van der Waals surface area contributed by atoms with Gasteiger partial charge in [-0.25, -0.2) is 9.97 Å². The molecular formula is C13H22F3N5. The molecule has 0 radical (unpaired) electrons. The van der Waals surface area contributed by atoms with Gasteiger partial charge in [0.1, 0.15) is 11.6 Å². The monoisotopic (exact) mass is 305 g/mol. The molecule has 0 atom stereocenters. The van der Waals surface area contributed by atoms with Gasteiger partial charge in [0.2, 0.25) is 5.82 Å². The van der Waals surface area contributed by atoms with E-state index in [1.54, 1.807) is 6.07 Å². The predicted octanol–water partition coefficient (Wildman–Crippen LogP) is 2.32. The first kappa shape index (κ1) is 17.5. The minimum absolute atomic E-state index is 0.165. The number of alkyl halides is 3. The summed E-state index contributed by atoms with van der Waals surface area (Å²) in [6.07, 6.45) is -3.73. The van der Waals surface area contributed by atoms with E-state index in [0.29, 0.717) is 18.9 Å². The molecular weight excluding hydrogens is 283 g/mol. The molecule has 0 aliphatic heterocycles. The van der Waals surface area contributed by atoms with Crippen LogP contribution in [0, 0.1) is 0 Å². The van der Waals surface area contributed by atoms with Gasteiger partial charge < -0.3 is 15.1 Å². The highest BCUT2D eigenvalue weighted by Gasteiger charge is 2.35. The Kier molecular flexibility index (Phi) is 6.19. The van der Waals surface area contributed by atoms with Crippen LogP contribution in [0.1, 0.15) is 19.2 Å². The zero-order valence-electron chi connectivity index (χ0n) is 12.8. The van der Waals surface area contributed by atoms with Crippen molar-refractivity contribution in [2.45, 2.75) is 19.5 Å². The summed E-state index contributed by atoms with van der Waals surface area (Å²) < 4.78 is 38.6. The maximum atomic E-state index is 12.9. The van der Waals surface area contributed by atoms with E-state index in [1.165, 1.54) is 7.05 Å². The van der Waals surface area contributed by atoms with Gasteiger partial charge in [0, 0.05) is 32.7 Å². The van der Waals surface area contributed by atoms with E-state index in [4.69, 9.17) is 0 Å². The van der Waals surface area contributed by atoms with Crippen LogP contribution < -0.4 is 10.2 Å². The van der Waals surface area contributed by atoms with Crippen LogP contribution in [0.4, 0.5) is 24.8 Å². The molecule has 0 amide bonds. The number of nitrogens with zero attached hydrogens (tertiary/aromatic N) is 4. The standard InChI is InChI=1S/C13H22F3N5/c1-5-6-21(8-7-20(3)4)11-9-10(17-2)18-12(19-11)13(14,15)16/h9H,5-8H2,1-4H3,(H,17,18,19). The summed E-state index contributed by atoms with van der Waals surface area (Å²) in [5.74, 6) is -0.654. The van der Waals surface area contributed by atoms with Crippen LogP contribution in [0.3, 0.4) is 0 Å². The largest absolute Gasteiger partial charge is 0.451 e. The first-order chi connectivity index (χ1) is 9.77. The van der Waals surface area contributed by atoms with Gasteiger partial charge in [-0.3, -0.25) is 0 Å².